The van der Waals surface area contributed by atoms with Crippen LogP contribution in [0.4, 0.5) is 9.18 Å². The van der Waals surface area contributed by atoms with E-state index in [0.29, 0.717) is 11.3 Å². The third-order valence-electron chi connectivity index (χ3n) is 4.91. The standard InChI is InChI=1S/C25H21FN2O3/c1-17-5-4-6-19(13-17)15-28-24(29)22(27-25(28)30)14-20-7-2-3-8-23(20)31-16-18-9-11-21(26)12-10-18/h2-14H,15-16H2,1H3,(H,27,30)/b22-14+. The molecule has 3 amide bonds. The van der Waals surface area contributed by atoms with Crippen LogP contribution in [0.5, 0.6) is 5.75 Å². The summed E-state index contributed by atoms with van der Waals surface area (Å²) in [6.45, 7) is 2.41. The van der Waals surface area contributed by atoms with E-state index in [1.165, 1.54) is 17.0 Å². The molecule has 0 radical (unpaired) electrons. The summed E-state index contributed by atoms with van der Waals surface area (Å²) in [4.78, 5) is 26.4. The molecule has 31 heavy (non-hydrogen) atoms. The van der Waals surface area contributed by atoms with Crippen LogP contribution in [-0.4, -0.2) is 16.8 Å². The second kappa shape index (κ2) is 8.83. The van der Waals surface area contributed by atoms with Gasteiger partial charge in [-0.3, -0.25) is 9.69 Å². The van der Waals surface area contributed by atoms with Crippen LogP contribution in [0.15, 0.2) is 78.5 Å². The fraction of sp³-hybridized carbons (Fsp3) is 0.120. The number of rotatable bonds is 6. The van der Waals surface area contributed by atoms with E-state index in [4.69, 9.17) is 4.74 Å². The van der Waals surface area contributed by atoms with Gasteiger partial charge >= 0.3 is 6.03 Å². The first-order valence-electron chi connectivity index (χ1n) is 9.86. The van der Waals surface area contributed by atoms with Crippen LogP contribution in [0.3, 0.4) is 0 Å². The molecule has 0 bridgehead atoms. The lowest BCUT2D eigenvalue weighted by Crippen LogP contribution is -2.30. The minimum atomic E-state index is -0.456. The summed E-state index contributed by atoms with van der Waals surface area (Å²) in [7, 11) is 0. The average molecular weight is 416 g/mol. The Kier molecular flexibility index (Phi) is 5.80. The summed E-state index contributed by atoms with van der Waals surface area (Å²) in [6, 6.07) is 20.5. The van der Waals surface area contributed by atoms with Crippen molar-refractivity contribution in [3.05, 3.63) is 107 Å². The monoisotopic (exact) mass is 416 g/mol. The van der Waals surface area contributed by atoms with E-state index in [1.54, 1.807) is 30.3 Å². The van der Waals surface area contributed by atoms with Crippen molar-refractivity contribution in [2.45, 2.75) is 20.1 Å². The third-order valence-corrected chi connectivity index (χ3v) is 4.91. The van der Waals surface area contributed by atoms with Gasteiger partial charge in [-0.15, -0.1) is 0 Å². The highest BCUT2D eigenvalue weighted by molar-refractivity contribution is 6.14. The van der Waals surface area contributed by atoms with Crippen molar-refractivity contribution < 1.29 is 18.7 Å². The highest BCUT2D eigenvalue weighted by Gasteiger charge is 2.33. The summed E-state index contributed by atoms with van der Waals surface area (Å²) >= 11 is 0. The van der Waals surface area contributed by atoms with Crippen molar-refractivity contribution in [2.75, 3.05) is 0 Å². The maximum atomic E-state index is 13.1. The van der Waals surface area contributed by atoms with Crippen molar-refractivity contribution >= 4 is 18.0 Å². The van der Waals surface area contributed by atoms with Gasteiger partial charge in [0, 0.05) is 5.56 Å². The second-order valence-electron chi connectivity index (χ2n) is 7.32. The molecule has 0 spiro atoms. The fourth-order valence-electron chi connectivity index (χ4n) is 3.34. The Morgan fingerprint density at radius 3 is 2.52 bits per heavy atom. The number of halogens is 1. The fourth-order valence-corrected chi connectivity index (χ4v) is 3.34. The van der Waals surface area contributed by atoms with Crippen LogP contribution in [-0.2, 0) is 17.9 Å². The van der Waals surface area contributed by atoms with Crippen LogP contribution < -0.4 is 10.1 Å². The molecule has 1 aliphatic heterocycles. The quantitative estimate of drug-likeness (QED) is 0.464. The first kappa shape index (κ1) is 20.3. The van der Waals surface area contributed by atoms with Gasteiger partial charge in [0.05, 0.1) is 6.54 Å². The van der Waals surface area contributed by atoms with E-state index in [2.05, 4.69) is 5.32 Å². The Morgan fingerprint density at radius 1 is 0.968 bits per heavy atom. The number of imide groups is 1. The number of nitrogens with one attached hydrogen (secondary N) is 1. The van der Waals surface area contributed by atoms with Gasteiger partial charge in [0.15, 0.2) is 0 Å². The number of para-hydroxylation sites is 1. The molecule has 156 valence electrons. The molecule has 3 aromatic rings. The number of ether oxygens (including phenoxy) is 1. The molecular weight excluding hydrogens is 395 g/mol. The van der Waals surface area contributed by atoms with Crippen LogP contribution in [0.25, 0.3) is 6.08 Å². The molecule has 0 atom stereocenters. The Balaban J connectivity index is 1.51. The van der Waals surface area contributed by atoms with Crippen LogP contribution in [0.1, 0.15) is 22.3 Å². The Morgan fingerprint density at radius 2 is 1.74 bits per heavy atom. The predicted octanol–water partition coefficient (Wildman–Crippen LogP) is 4.81. The highest BCUT2D eigenvalue weighted by Crippen LogP contribution is 2.24. The molecule has 5 nitrogen and oxygen atoms in total. The van der Waals surface area contributed by atoms with E-state index >= 15 is 0 Å². The smallest absolute Gasteiger partial charge is 0.329 e. The number of nitrogens with zero attached hydrogens (tertiary/aromatic N) is 1. The van der Waals surface area contributed by atoms with Crippen molar-refractivity contribution in [2.24, 2.45) is 0 Å². The molecule has 1 aliphatic rings. The van der Waals surface area contributed by atoms with Gasteiger partial charge in [0.2, 0.25) is 0 Å². The first-order chi connectivity index (χ1) is 15.0. The summed E-state index contributed by atoms with van der Waals surface area (Å²) in [5, 5.41) is 2.65. The summed E-state index contributed by atoms with van der Waals surface area (Å²) in [6.07, 6.45) is 1.61. The molecular formula is C25H21FN2O3. The number of hydrogen-bond acceptors (Lipinski definition) is 3. The Bertz CT molecular complexity index is 1160. The number of amides is 3. The van der Waals surface area contributed by atoms with Crippen molar-refractivity contribution in [3.8, 4) is 5.75 Å². The van der Waals surface area contributed by atoms with Gasteiger partial charge in [0.1, 0.15) is 23.9 Å². The van der Waals surface area contributed by atoms with Crippen molar-refractivity contribution in [3.63, 3.8) is 0 Å². The maximum Gasteiger partial charge on any atom is 0.329 e. The van der Waals surface area contributed by atoms with E-state index in [1.807, 2.05) is 43.3 Å². The Labute approximate surface area is 179 Å². The zero-order valence-electron chi connectivity index (χ0n) is 17.0. The lowest BCUT2D eigenvalue weighted by molar-refractivity contribution is -0.123. The number of carbonyl (C=O) groups excluding carboxylic acids is 2. The SMILES string of the molecule is Cc1cccc(CN2C(=O)N/C(=C/c3ccccc3OCc3ccc(F)cc3)C2=O)c1. The predicted molar refractivity (Wildman–Crippen MR) is 115 cm³/mol. The number of aryl methyl sites for hydroxylation is 1. The largest absolute Gasteiger partial charge is 0.488 e. The molecule has 0 aromatic heterocycles. The topological polar surface area (TPSA) is 58.6 Å². The molecule has 0 unspecified atom stereocenters. The summed E-state index contributed by atoms with van der Waals surface area (Å²) in [5.41, 5.74) is 3.61. The number of urea groups is 1. The van der Waals surface area contributed by atoms with Crippen LogP contribution >= 0.6 is 0 Å². The molecule has 1 N–H and O–H groups in total. The number of benzene rings is 3. The van der Waals surface area contributed by atoms with Gasteiger partial charge in [-0.05, 0) is 42.3 Å². The highest BCUT2D eigenvalue weighted by atomic mass is 19.1. The molecule has 6 heteroatoms. The Hall–Kier alpha value is -3.93. The molecule has 0 aliphatic carbocycles. The summed E-state index contributed by atoms with van der Waals surface area (Å²) in [5.74, 6) is -0.141. The van der Waals surface area contributed by atoms with Crippen molar-refractivity contribution in [1.29, 1.82) is 0 Å². The molecule has 1 saturated heterocycles. The van der Waals surface area contributed by atoms with E-state index in [-0.39, 0.29) is 30.6 Å². The zero-order valence-corrected chi connectivity index (χ0v) is 17.0. The first-order valence-corrected chi connectivity index (χ1v) is 9.86. The van der Waals surface area contributed by atoms with E-state index in [0.717, 1.165) is 16.7 Å². The molecule has 3 aromatic carbocycles. The molecule has 4 rings (SSSR count). The van der Waals surface area contributed by atoms with Gasteiger partial charge in [-0.2, -0.15) is 0 Å². The van der Waals surface area contributed by atoms with Gasteiger partial charge in [0.25, 0.3) is 5.91 Å². The lowest BCUT2D eigenvalue weighted by atomic mass is 10.1. The zero-order chi connectivity index (χ0) is 21.8. The minimum absolute atomic E-state index is 0.190. The summed E-state index contributed by atoms with van der Waals surface area (Å²) < 4.78 is 18.9. The van der Waals surface area contributed by atoms with Gasteiger partial charge in [-0.25, -0.2) is 9.18 Å². The lowest BCUT2D eigenvalue weighted by Gasteiger charge is -2.12. The number of hydrogen-bond donors (Lipinski definition) is 1. The van der Waals surface area contributed by atoms with Crippen LogP contribution in [0.2, 0.25) is 0 Å². The molecule has 0 saturated carbocycles. The van der Waals surface area contributed by atoms with E-state index < -0.39 is 6.03 Å². The average Bonchev–Trinajstić information content (AvgIpc) is 3.02. The van der Waals surface area contributed by atoms with Gasteiger partial charge < -0.3 is 10.1 Å². The number of carbonyl (C=O) groups is 2. The third kappa shape index (κ3) is 4.80. The van der Waals surface area contributed by atoms with Crippen molar-refractivity contribution in [1.82, 2.24) is 10.2 Å². The normalized spacial score (nSPS) is 14.8. The van der Waals surface area contributed by atoms with Crippen LogP contribution in [0, 0.1) is 12.7 Å². The molecule has 1 heterocycles. The molecule has 1 fully saturated rings. The minimum Gasteiger partial charge on any atom is -0.488 e. The van der Waals surface area contributed by atoms with E-state index in [9.17, 15) is 14.0 Å². The second-order valence-corrected chi connectivity index (χ2v) is 7.32. The van der Waals surface area contributed by atoms with Gasteiger partial charge in [-0.1, -0.05) is 60.2 Å². The maximum absolute atomic E-state index is 13.1.